The normalized spacial score (nSPS) is 10.3. The summed E-state index contributed by atoms with van der Waals surface area (Å²) in [5, 5.41) is 2.86. The standard InChI is InChI=1S/C20H15BrFNO2/c21-17-6-2-3-7-18(17)23-20(24)16-5-1-4-8-19(16)25-13-14-9-11-15(22)12-10-14/h1-12H,13H2,(H,23,24). The quantitative estimate of drug-likeness (QED) is 0.621. The van der Waals surface area contributed by atoms with Gasteiger partial charge in [0.2, 0.25) is 0 Å². The Balaban J connectivity index is 1.75. The lowest BCUT2D eigenvalue weighted by Crippen LogP contribution is -2.14. The maximum Gasteiger partial charge on any atom is 0.259 e. The van der Waals surface area contributed by atoms with E-state index in [1.807, 2.05) is 24.3 Å². The number of para-hydroxylation sites is 2. The van der Waals surface area contributed by atoms with Crippen LogP contribution in [0.25, 0.3) is 0 Å². The Morgan fingerprint density at radius 1 is 0.960 bits per heavy atom. The van der Waals surface area contributed by atoms with E-state index in [9.17, 15) is 9.18 Å². The Morgan fingerprint density at radius 3 is 2.40 bits per heavy atom. The number of benzene rings is 3. The van der Waals surface area contributed by atoms with E-state index in [-0.39, 0.29) is 18.3 Å². The molecule has 0 unspecified atom stereocenters. The van der Waals surface area contributed by atoms with Gasteiger partial charge in [0.05, 0.1) is 11.3 Å². The number of carbonyl (C=O) groups is 1. The van der Waals surface area contributed by atoms with Gasteiger partial charge in [0.1, 0.15) is 18.2 Å². The molecule has 0 aliphatic carbocycles. The predicted molar refractivity (Wildman–Crippen MR) is 99.3 cm³/mol. The van der Waals surface area contributed by atoms with Gasteiger partial charge < -0.3 is 10.1 Å². The lowest BCUT2D eigenvalue weighted by atomic mass is 10.1. The molecule has 1 amide bonds. The number of ether oxygens (including phenoxy) is 1. The molecule has 126 valence electrons. The van der Waals surface area contributed by atoms with Gasteiger partial charge in [-0.1, -0.05) is 36.4 Å². The van der Waals surface area contributed by atoms with Crippen molar-refractivity contribution in [3.05, 3.63) is 94.2 Å². The van der Waals surface area contributed by atoms with Crippen molar-refractivity contribution in [3.8, 4) is 5.75 Å². The van der Waals surface area contributed by atoms with Crippen LogP contribution in [0.5, 0.6) is 5.75 Å². The largest absolute Gasteiger partial charge is 0.488 e. The van der Waals surface area contributed by atoms with E-state index in [1.165, 1.54) is 12.1 Å². The third-order valence-corrected chi connectivity index (χ3v) is 4.25. The minimum atomic E-state index is -0.294. The Labute approximate surface area is 153 Å². The summed E-state index contributed by atoms with van der Waals surface area (Å²) < 4.78 is 19.5. The zero-order valence-corrected chi connectivity index (χ0v) is 14.8. The second-order valence-corrected chi connectivity index (χ2v) is 6.20. The number of rotatable bonds is 5. The van der Waals surface area contributed by atoms with Crippen molar-refractivity contribution in [2.24, 2.45) is 0 Å². The highest BCUT2D eigenvalue weighted by Gasteiger charge is 2.13. The molecule has 3 rings (SSSR count). The summed E-state index contributed by atoms with van der Waals surface area (Å²) in [6, 6.07) is 20.5. The first-order valence-corrected chi connectivity index (χ1v) is 8.45. The molecule has 0 saturated carbocycles. The van der Waals surface area contributed by atoms with Crippen LogP contribution in [-0.2, 0) is 6.61 Å². The van der Waals surface area contributed by atoms with Gasteiger partial charge in [-0.3, -0.25) is 4.79 Å². The van der Waals surface area contributed by atoms with Crippen LogP contribution < -0.4 is 10.1 Å². The molecule has 0 atom stereocenters. The van der Waals surface area contributed by atoms with Crippen LogP contribution in [0, 0.1) is 5.82 Å². The minimum Gasteiger partial charge on any atom is -0.488 e. The van der Waals surface area contributed by atoms with E-state index in [4.69, 9.17) is 4.74 Å². The fourth-order valence-electron chi connectivity index (χ4n) is 2.27. The average molecular weight is 400 g/mol. The van der Waals surface area contributed by atoms with Gasteiger partial charge in [0.15, 0.2) is 0 Å². The van der Waals surface area contributed by atoms with Crippen LogP contribution in [0.4, 0.5) is 10.1 Å². The molecule has 0 fully saturated rings. The van der Waals surface area contributed by atoms with Crippen LogP contribution in [0.3, 0.4) is 0 Å². The van der Waals surface area contributed by atoms with Crippen LogP contribution in [-0.4, -0.2) is 5.91 Å². The first-order valence-electron chi connectivity index (χ1n) is 7.65. The smallest absolute Gasteiger partial charge is 0.259 e. The number of anilines is 1. The summed E-state index contributed by atoms with van der Waals surface area (Å²) in [5.74, 6) is -0.0880. The number of amides is 1. The average Bonchev–Trinajstić information content (AvgIpc) is 2.63. The van der Waals surface area contributed by atoms with Crippen molar-refractivity contribution >= 4 is 27.5 Å². The van der Waals surface area contributed by atoms with E-state index in [0.29, 0.717) is 17.0 Å². The summed E-state index contributed by atoms with van der Waals surface area (Å²) in [4.78, 5) is 12.6. The molecule has 0 aliphatic rings. The van der Waals surface area contributed by atoms with Crippen molar-refractivity contribution in [3.63, 3.8) is 0 Å². The number of carbonyl (C=O) groups excluding carboxylic acids is 1. The lowest BCUT2D eigenvalue weighted by Gasteiger charge is -2.12. The molecule has 0 saturated heterocycles. The van der Waals surface area contributed by atoms with Gasteiger partial charge >= 0.3 is 0 Å². The highest BCUT2D eigenvalue weighted by Crippen LogP contribution is 2.25. The van der Waals surface area contributed by atoms with Crippen LogP contribution in [0.2, 0.25) is 0 Å². The molecular formula is C20H15BrFNO2. The van der Waals surface area contributed by atoms with Gasteiger partial charge in [0.25, 0.3) is 5.91 Å². The predicted octanol–water partition coefficient (Wildman–Crippen LogP) is 5.42. The monoisotopic (exact) mass is 399 g/mol. The van der Waals surface area contributed by atoms with E-state index < -0.39 is 0 Å². The SMILES string of the molecule is O=C(Nc1ccccc1Br)c1ccccc1OCc1ccc(F)cc1. The second kappa shape index (κ2) is 7.94. The summed E-state index contributed by atoms with van der Waals surface area (Å²) in [7, 11) is 0. The Morgan fingerprint density at radius 2 is 1.64 bits per heavy atom. The molecule has 0 radical (unpaired) electrons. The number of halogens is 2. The molecule has 0 heterocycles. The Hall–Kier alpha value is -2.66. The maximum atomic E-state index is 13.0. The Kier molecular flexibility index (Phi) is 5.46. The van der Waals surface area contributed by atoms with E-state index in [2.05, 4.69) is 21.2 Å². The molecule has 0 aliphatic heterocycles. The van der Waals surface area contributed by atoms with E-state index in [1.54, 1.807) is 36.4 Å². The van der Waals surface area contributed by atoms with Gasteiger partial charge in [-0.25, -0.2) is 4.39 Å². The molecule has 0 spiro atoms. The summed E-state index contributed by atoms with van der Waals surface area (Å²) in [5.41, 5.74) is 1.93. The third kappa shape index (κ3) is 4.45. The molecule has 25 heavy (non-hydrogen) atoms. The zero-order chi connectivity index (χ0) is 17.6. The molecule has 3 nitrogen and oxygen atoms in total. The minimum absolute atomic E-state index is 0.250. The van der Waals surface area contributed by atoms with Crippen molar-refractivity contribution in [2.45, 2.75) is 6.61 Å². The topological polar surface area (TPSA) is 38.3 Å². The fourth-order valence-corrected chi connectivity index (χ4v) is 2.66. The summed E-state index contributed by atoms with van der Waals surface area (Å²) in [6.07, 6.45) is 0. The second-order valence-electron chi connectivity index (χ2n) is 5.35. The van der Waals surface area contributed by atoms with E-state index >= 15 is 0 Å². The van der Waals surface area contributed by atoms with Crippen LogP contribution >= 0.6 is 15.9 Å². The van der Waals surface area contributed by atoms with Crippen LogP contribution in [0.1, 0.15) is 15.9 Å². The van der Waals surface area contributed by atoms with E-state index in [0.717, 1.165) is 10.0 Å². The Bertz CT molecular complexity index is 881. The van der Waals surface area contributed by atoms with Gasteiger partial charge in [0, 0.05) is 4.47 Å². The van der Waals surface area contributed by atoms with Crippen molar-refractivity contribution in [2.75, 3.05) is 5.32 Å². The molecule has 0 aromatic heterocycles. The van der Waals surface area contributed by atoms with Crippen molar-refractivity contribution < 1.29 is 13.9 Å². The van der Waals surface area contributed by atoms with Gasteiger partial charge in [-0.05, 0) is 57.9 Å². The molecule has 5 heteroatoms. The number of hydrogen-bond donors (Lipinski definition) is 1. The first-order chi connectivity index (χ1) is 12.1. The fraction of sp³-hybridized carbons (Fsp3) is 0.0500. The number of hydrogen-bond acceptors (Lipinski definition) is 2. The number of nitrogens with one attached hydrogen (secondary N) is 1. The maximum absolute atomic E-state index is 13.0. The van der Waals surface area contributed by atoms with Crippen molar-refractivity contribution in [1.29, 1.82) is 0 Å². The highest BCUT2D eigenvalue weighted by molar-refractivity contribution is 9.10. The highest BCUT2D eigenvalue weighted by atomic mass is 79.9. The molecule has 1 N–H and O–H groups in total. The molecule has 3 aromatic rings. The van der Waals surface area contributed by atoms with Gasteiger partial charge in [-0.15, -0.1) is 0 Å². The summed E-state index contributed by atoms with van der Waals surface area (Å²) in [6.45, 7) is 0.250. The third-order valence-electron chi connectivity index (χ3n) is 3.56. The van der Waals surface area contributed by atoms with Crippen LogP contribution in [0.15, 0.2) is 77.3 Å². The van der Waals surface area contributed by atoms with Crippen molar-refractivity contribution in [1.82, 2.24) is 0 Å². The summed E-state index contributed by atoms with van der Waals surface area (Å²) >= 11 is 3.41. The first kappa shape index (κ1) is 17.2. The molecule has 0 bridgehead atoms. The zero-order valence-electron chi connectivity index (χ0n) is 13.2. The molecule has 3 aromatic carbocycles. The molecular weight excluding hydrogens is 385 g/mol. The lowest BCUT2D eigenvalue weighted by molar-refractivity contribution is 0.102. The van der Waals surface area contributed by atoms with Gasteiger partial charge in [-0.2, -0.15) is 0 Å².